The number of methoxy groups -OCH3 is 1. The molecule has 1 aliphatic rings. The summed E-state index contributed by atoms with van der Waals surface area (Å²) in [4.78, 5) is 0. The number of hydrogen-bond donors (Lipinski definition) is 1. The van der Waals surface area contributed by atoms with Crippen molar-refractivity contribution in [2.75, 3.05) is 13.7 Å². The Morgan fingerprint density at radius 3 is 2.60 bits per heavy atom. The van der Waals surface area contributed by atoms with Gasteiger partial charge in [-0.3, -0.25) is 0 Å². The van der Waals surface area contributed by atoms with E-state index in [-0.39, 0.29) is 0 Å². The van der Waals surface area contributed by atoms with Crippen molar-refractivity contribution in [2.24, 2.45) is 11.1 Å². The van der Waals surface area contributed by atoms with Gasteiger partial charge in [0, 0.05) is 19.8 Å². The van der Waals surface area contributed by atoms with Crippen LogP contribution in [0.5, 0.6) is 0 Å². The van der Waals surface area contributed by atoms with E-state index >= 15 is 0 Å². The number of hydrogen-bond acceptors (Lipinski definition) is 2. The van der Waals surface area contributed by atoms with Crippen LogP contribution in [0, 0.1) is 5.41 Å². The Bertz CT molecular complexity index is 108. The average molecular weight is 143 g/mol. The van der Waals surface area contributed by atoms with Crippen molar-refractivity contribution in [1.82, 2.24) is 0 Å². The van der Waals surface area contributed by atoms with Gasteiger partial charge in [-0.1, -0.05) is 6.92 Å². The molecule has 0 aliphatic heterocycles. The molecule has 0 heterocycles. The molecular formula is C8H17NO. The molecule has 2 nitrogen and oxygen atoms in total. The molecule has 0 atom stereocenters. The molecule has 0 saturated heterocycles. The molecule has 1 fully saturated rings. The quantitative estimate of drug-likeness (QED) is 0.643. The van der Waals surface area contributed by atoms with Crippen LogP contribution < -0.4 is 5.73 Å². The van der Waals surface area contributed by atoms with Crippen molar-refractivity contribution < 1.29 is 4.74 Å². The lowest BCUT2D eigenvalue weighted by atomic mass is 9.65. The number of ether oxygens (including phenoxy) is 1. The fraction of sp³-hybridized carbons (Fsp3) is 1.00. The molecular weight excluding hydrogens is 126 g/mol. The summed E-state index contributed by atoms with van der Waals surface area (Å²) in [5.74, 6) is 0. The Morgan fingerprint density at radius 1 is 1.60 bits per heavy atom. The topological polar surface area (TPSA) is 35.2 Å². The summed E-state index contributed by atoms with van der Waals surface area (Å²) < 4.78 is 5.01. The van der Waals surface area contributed by atoms with Gasteiger partial charge in [-0.05, 0) is 24.7 Å². The van der Waals surface area contributed by atoms with Gasteiger partial charge in [0.05, 0.1) is 0 Å². The number of nitrogens with two attached hydrogens (primary N) is 1. The first-order chi connectivity index (χ1) is 4.66. The normalized spacial score (nSPS) is 39.3. The highest BCUT2D eigenvalue weighted by molar-refractivity contribution is 4.92. The van der Waals surface area contributed by atoms with Crippen LogP contribution in [0.3, 0.4) is 0 Å². The smallest absolute Gasteiger partial charge is 0.0467 e. The van der Waals surface area contributed by atoms with Crippen LogP contribution in [0.1, 0.15) is 26.2 Å². The van der Waals surface area contributed by atoms with Crippen LogP contribution in [-0.4, -0.2) is 19.8 Å². The Balaban J connectivity index is 2.15. The van der Waals surface area contributed by atoms with Crippen LogP contribution in [-0.2, 0) is 4.74 Å². The first kappa shape index (κ1) is 8.02. The maximum Gasteiger partial charge on any atom is 0.0467 e. The molecule has 0 bridgehead atoms. The Kier molecular flexibility index (Phi) is 2.32. The molecule has 2 heteroatoms. The Hall–Kier alpha value is -0.0800. The van der Waals surface area contributed by atoms with Gasteiger partial charge in [0.25, 0.3) is 0 Å². The highest BCUT2D eigenvalue weighted by Crippen LogP contribution is 2.42. The van der Waals surface area contributed by atoms with E-state index < -0.39 is 0 Å². The summed E-state index contributed by atoms with van der Waals surface area (Å²) in [6.45, 7) is 3.17. The lowest BCUT2D eigenvalue weighted by molar-refractivity contribution is 0.0700. The molecule has 2 N–H and O–H groups in total. The summed E-state index contributed by atoms with van der Waals surface area (Å²) in [7, 11) is 1.75. The van der Waals surface area contributed by atoms with E-state index in [2.05, 4.69) is 6.92 Å². The lowest BCUT2D eigenvalue weighted by Gasteiger charge is -2.43. The van der Waals surface area contributed by atoms with Gasteiger partial charge in [-0.25, -0.2) is 0 Å². The van der Waals surface area contributed by atoms with Crippen LogP contribution in [0.25, 0.3) is 0 Å². The van der Waals surface area contributed by atoms with E-state index in [0.29, 0.717) is 11.5 Å². The van der Waals surface area contributed by atoms with E-state index in [0.717, 1.165) is 13.0 Å². The van der Waals surface area contributed by atoms with Crippen molar-refractivity contribution in [3.63, 3.8) is 0 Å². The van der Waals surface area contributed by atoms with Gasteiger partial charge in [0.15, 0.2) is 0 Å². The highest BCUT2D eigenvalue weighted by atomic mass is 16.5. The molecule has 60 valence electrons. The molecule has 0 radical (unpaired) electrons. The fourth-order valence-corrected chi connectivity index (χ4v) is 1.76. The summed E-state index contributed by atoms with van der Waals surface area (Å²) in [5, 5.41) is 0. The second-order valence-corrected chi connectivity index (χ2v) is 3.72. The van der Waals surface area contributed by atoms with Crippen LogP contribution in [0.15, 0.2) is 0 Å². The predicted molar refractivity (Wildman–Crippen MR) is 41.8 cm³/mol. The van der Waals surface area contributed by atoms with Crippen LogP contribution in [0.4, 0.5) is 0 Å². The largest absolute Gasteiger partial charge is 0.385 e. The first-order valence-electron chi connectivity index (χ1n) is 3.91. The van der Waals surface area contributed by atoms with E-state index in [9.17, 15) is 0 Å². The third-order valence-corrected chi connectivity index (χ3v) is 2.42. The number of rotatable bonds is 3. The molecule has 1 saturated carbocycles. The third kappa shape index (κ3) is 1.70. The highest BCUT2D eigenvalue weighted by Gasteiger charge is 2.37. The molecule has 0 aromatic rings. The second kappa shape index (κ2) is 2.89. The van der Waals surface area contributed by atoms with Crippen molar-refractivity contribution in [3.05, 3.63) is 0 Å². The van der Waals surface area contributed by atoms with Crippen molar-refractivity contribution in [2.45, 2.75) is 32.2 Å². The second-order valence-electron chi connectivity index (χ2n) is 3.72. The monoisotopic (exact) mass is 143 g/mol. The third-order valence-electron chi connectivity index (χ3n) is 2.42. The molecule has 0 aromatic heterocycles. The fourth-order valence-electron chi connectivity index (χ4n) is 1.76. The molecule has 0 unspecified atom stereocenters. The summed E-state index contributed by atoms with van der Waals surface area (Å²) in [6, 6.07) is 0.460. The predicted octanol–water partition coefficient (Wildman–Crippen LogP) is 1.15. The summed E-state index contributed by atoms with van der Waals surface area (Å²) >= 11 is 0. The molecule has 0 spiro atoms. The molecule has 0 aromatic carbocycles. The zero-order chi connectivity index (χ0) is 7.61. The van der Waals surface area contributed by atoms with Crippen LogP contribution in [0.2, 0.25) is 0 Å². The Labute approximate surface area is 62.7 Å². The first-order valence-corrected chi connectivity index (χ1v) is 3.91. The minimum absolute atomic E-state index is 0.460. The molecule has 0 amide bonds. The van der Waals surface area contributed by atoms with Crippen molar-refractivity contribution in [1.29, 1.82) is 0 Å². The molecule has 10 heavy (non-hydrogen) atoms. The van der Waals surface area contributed by atoms with Crippen LogP contribution >= 0.6 is 0 Å². The standard InChI is InChI=1S/C8H17NO/c1-8(3-4-10-2)5-7(9)6-8/h7H,3-6,9H2,1-2H3. The lowest BCUT2D eigenvalue weighted by Crippen LogP contribution is -2.44. The SMILES string of the molecule is COCCC1(C)CC(N)C1. The van der Waals surface area contributed by atoms with Gasteiger partial charge >= 0.3 is 0 Å². The average Bonchev–Trinajstić information content (AvgIpc) is 1.81. The van der Waals surface area contributed by atoms with E-state index in [1.807, 2.05) is 0 Å². The van der Waals surface area contributed by atoms with E-state index in [4.69, 9.17) is 10.5 Å². The van der Waals surface area contributed by atoms with Gasteiger partial charge < -0.3 is 10.5 Å². The van der Waals surface area contributed by atoms with Crippen molar-refractivity contribution in [3.8, 4) is 0 Å². The van der Waals surface area contributed by atoms with Gasteiger partial charge in [0.2, 0.25) is 0 Å². The minimum Gasteiger partial charge on any atom is -0.385 e. The zero-order valence-electron chi connectivity index (χ0n) is 6.89. The maximum atomic E-state index is 5.68. The van der Waals surface area contributed by atoms with Crippen molar-refractivity contribution >= 4 is 0 Å². The molecule has 1 rings (SSSR count). The maximum absolute atomic E-state index is 5.68. The van der Waals surface area contributed by atoms with Gasteiger partial charge in [0.1, 0.15) is 0 Å². The summed E-state index contributed by atoms with van der Waals surface area (Å²) in [6.07, 6.45) is 3.52. The minimum atomic E-state index is 0.460. The van der Waals surface area contributed by atoms with Gasteiger partial charge in [-0.2, -0.15) is 0 Å². The van der Waals surface area contributed by atoms with E-state index in [1.165, 1.54) is 12.8 Å². The zero-order valence-corrected chi connectivity index (χ0v) is 6.89. The Morgan fingerprint density at radius 2 is 2.20 bits per heavy atom. The van der Waals surface area contributed by atoms with E-state index in [1.54, 1.807) is 7.11 Å². The van der Waals surface area contributed by atoms with Gasteiger partial charge in [-0.15, -0.1) is 0 Å². The summed E-state index contributed by atoms with van der Waals surface area (Å²) in [5.41, 5.74) is 6.18. The molecule has 1 aliphatic carbocycles.